The summed E-state index contributed by atoms with van der Waals surface area (Å²) >= 11 is 0. The van der Waals surface area contributed by atoms with Crippen LogP contribution in [0.1, 0.15) is 0 Å². The van der Waals surface area contributed by atoms with Gasteiger partial charge in [0, 0.05) is 32.9 Å². The van der Waals surface area contributed by atoms with E-state index in [0.717, 1.165) is 11.4 Å². The Morgan fingerprint density at radius 2 is 0.667 bits per heavy atom. The summed E-state index contributed by atoms with van der Waals surface area (Å²) in [4.78, 5) is 0. The Morgan fingerprint density at radius 3 is 1.26 bits per heavy atom. The van der Waals surface area contributed by atoms with Gasteiger partial charge in [-0.15, -0.1) is 0 Å². The van der Waals surface area contributed by atoms with Gasteiger partial charge in [0.1, 0.15) is 0 Å². The molecule has 2 heterocycles. The lowest BCUT2D eigenvalue weighted by Crippen LogP contribution is -1.94. The molecule has 0 saturated heterocycles. The van der Waals surface area contributed by atoms with E-state index in [1.165, 1.54) is 87.8 Å². The third-order valence-electron chi connectivity index (χ3n) is 11.1. The fraction of sp³-hybridized carbons (Fsp3) is 0. The highest BCUT2D eigenvalue weighted by atomic mass is 15.0. The number of hydrogen-bond acceptors (Lipinski definition) is 0. The molecule has 0 fully saturated rings. The van der Waals surface area contributed by atoms with Crippen molar-refractivity contribution >= 4 is 54.4 Å². The number of aromatic nitrogens is 2. The summed E-state index contributed by atoms with van der Waals surface area (Å²) in [5.74, 6) is 0. The van der Waals surface area contributed by atoms with Gasteiger partial charge in [0.15, 0.2) is 0 Å². The molecule has 0 radical (unpaired) electrons. The van der Waals surface area contributed by atoms with Crippen LogP contribution in [0.4, 0.5) is 0 Å². The molecule has 54 heavy (non-hydrogen) atoms. The molecule has 2 nitrogen and oxygen atoms in total. The standard InChI is InChI=1S/C52H34N2/c1-2-11-35(12-3-1)36-21-27-41(28-22-36)53-49-19-8-6-16-45(49)47-33-39(25-31-51(47)53)40-26-32-52-48(34-40)46-17-7-9-20-50(46)54(52)42-29-23-38(24-30-42)44-18-10-14-37-13-4-5-15-43(37)44/h1-34H. The molecule has 0 unspecified atom stereocenters. The maximum atomic E-state index is 2.40. The average Bonchev–Trinajstić information content (AvgIpc) is 3.76. The van der Waals surface area contributed by atoms with Crippen molar-refractivity contribution in [3.8, 4) is 44.8 Å². The van der Waals surface area contributed by atoms with Gasteiger partial charge in [0.05, 0.1) is 22.1 Å². The van der Waals surface area contributed by atoms with Crippen molar-refractivity contribution in [3.63, 3.8) is 0 Å². The predicted octanol–water partition coefficient (Wildman–Crippen LogP) is 14.0. The maximum absolute atomic E-state index is 2.40. The zero-order valence-electron chi connectivity index (χ0n) is 29.5. The zero-order chi connectivity index (χ0) is 35.6. The van der Waals surface area contributed by atoms with Crippen molar-refractivity contribution in [3.05, 3.63) is 206 Å². The lowest BCUT2D eigenvalue weighted by Gasteiger charge is -2.11. The first-order valence-electron chi connectivity index (χ1n) is 18.6. The van der Waals surface area contributed by atoms with Crippen LogP contribution in [0.2, 0.25) is 0 Å². The molecule has 11 rings (SSSR count). The van der Waals surface area contributed by atoms with Crippen LogP contribution in [-0.2, 0) is 0 Å². The van der Waals surface area contributed by atoms with Crippen LogP contribution in [0, 0.1) is 0 Å². The van der Waals surface area contributed by atoms with Gasteiger partial charge in [-0.25, -0.2) is 0 Å². The lowest BCUT2D eigenvalue weighted by atomic mass is 9.98. The van der Waals surface area contributed by atoms with Crippen LogP contribution in [0.5, 0.6) is 0 Å². The fourth-order valence-electron chi connectivity index (χ4n) is 8.56. The van der Waals surface area contributed by atoms with E-state index in [4.69, 9.17) is 0 Å². The van der Waals surface area contributed by atoms with E-state index < -0.39 is 0 Å². The summed E-state index contributed by atoms with van der Waals surface area (Å²) < 4.78 is 4.80. The van der Waals surface area contributed by atoms with Crippen LogP contribution in [0.15, 0.2) is 206 Å². The molecule has 9 aromatic carbocycles. The summed E-state index contributed by atoms with van der Waals surface area (Å²) in [5, 5.41) is 7.55. The monoisotopic (exact) mass is 686 g/mol. The number of fused-ring (bicyclic) bond motifs is 7. The fourth-order valence-corrected chi connectivity index (χ4v) is 8.56. The number of rotatable bonds is 5. The van der Waals surface area contributed by atoms with Gasteiger partial charge < -0.3 is 9.13 Å². The Kier molecular flexibility index (Phi) is 6.90. The van der Waals surface area contributed by atoms with Crippen LogP contribution >= 0.6 is 0 Å². The second-order valence-corrected chi connectivity index (χ2v) is 14.2. The molecule has 2 aromatic heterocycles. The highest BCUT2D eigenvalue weighted by Gasteiger charge is 2.16. The van der Waals surface area contributed by atoms with Crippen molar-refractivity contribution in [2.24, 2.45) is 0 Å². The molecular formula is C52H34N2. The minimum Gasteiger partial charge on any atom is -0.309 e. The summed E-state index contributed by atoms with van der Waals surface area (Å²) in [6, 6.07) is 75.2. The van der Waals surface area contributed by atoms with Crippen molar-refractivity contribution in [1.29, 1.82) is 0 Å². The zero-order valence-corrected chi connectivity index (χ0v) is 29.5. The van der Waals surface area contributed by atoms with Gasteiger partial charge in [-0.05, 0) is 105 Å². The van der Waals surface area contributed by atoms with E-state index in [1.807, 2.05) is 0 Å². The smallest absolute Gasteiger partial charge is 0.0541 e. The van der Waals surface area contributed by atoms with E-state index in [0.29, 0.717) is 0 Å². The third-order valence-corrected chi connectivity index (χ3v) is 11.1. The second-order valence-electron chi connectivity index (χ2n) is 14.2. The molecule has 0 aliphatic carbocycles. The summed E-state index contributed by atoms with van der Waals surface area (Å²) in [6.45, 7) is 0. The molecule has 0 spiro atoms. The summed E-state index contributed by atoms with van der Waals surface area (Å²) in [5.41, 5.74) is 14.5. The van der Waals surface area contributed by atoms with Gasteiger partial charge in [-0.2, -0.15) is 0 Å². The van der Waals surface area contributed by atoms with Gasteiger partial charge in [0.2, 0.25) is 0 Å². The first kappa shape index (κ1) is 30.5. The van der Waals surface area contributed by atoms with Crippen LogP contribution in [0.25, 0.3) is 99.1 Å². The van der Waals surface area contributed by atoms with Crippen LogP contribution < -0.4 is 0 Å². The first-order chi connectivity index (χ1) is 26.8. The van der Waals surface area contributed by atoms with Crippen molar-refractivity contribution < 1.29 is 0 Å². The Balaban J connectivity index is 1.01. The highest BCUT2D eigenvalue weighted by Crippen LogP contribution is 2.39. The minimum atomic E-state index is 1.16. The van der Waals surface area contributed by atoms with Gasteiger partial charge in [-0.1, -0.05) is 146 Å². The van der Waals surface area contributed by atoms with Gasteiger partial charge in [0.25, 0.3) is 0 Å². The SMILES string of the molecule is c1ccc(-c2ccc(-n3c4ccccc4c4cc(-c5ccc6c(c5)c5ccccc5n6-c5ccc(-c6cccc7ccccc67)cc5)ccc43)cc2)cc1. The van der Waals surface area contributed by atoms with E-state index in [2.05, 4.69) is 215 Å². The Hall–Kier alpha value is -7.16. The Labute approximate surface area is 313 Å². The van der Waals surface area contributed by atoms with E-state index >= 15 is 0 Å². The number of nitrogens with zero attached hydrogens (tertiary/aromatic N) is 2. The maximum Gasteiger partial charge on any atom is 0.0541 e. The molecule has 11 aromatic rings. The van der Waals surface area contributed by atoms with E-state index in [1.54, 1.807) is 0 Å². The first-order valence-corrected chi connectivity index (χ1v) is 18.6. The van der Waals surface area contributed by atoms with Crippen molar-refractivity contribution in [1.82, 2.24) is 9.13 Å². The van der Waals surface area contributed by atoms with E-state index in [-0.39, 0.29) is 0 Å². The molecule has 0 N–H and O–H groups in total. The van der Waals surface area contributed by atoms with Crippen LogP contribution in [-0.4, -0.2) is 9.13 Å². The molecule has 0 bridgehead atoms. The Morgan fingerprint density at radius 1 is 0.241 bits per heavy atom. The normalized spacial score (nSPS) is 11.7. The van der Waals surface area contributed by atoms with Crippen LogP contribution in [0.3, 0.4) is 0 Å². The lowest BCUT2D eigenvalue weighted by molar-refractivity contribution is 1.18. The molecule has 0 aliphatic rings. The minimum absolute atomic E-state index is 1.16. The molecule has 0 atom stereocenters. The molecule has 0 saturated carbocycles. The molecular weight excluding hydrogens is 653 g/mol. The third kappa shape index (κ3) is 4.81. The van der Waals surface area contributed by atoms with Crippen molar-refractivity contribution in [2.75, 3.05) is 0 Å². The molecule has 252 valence electrons. The second kappa shape index (κ2) is 12.2. The summed E-state index contributed by atoms with van der Waals surface area (Å²) in [7, 11) is 0. The quantitative estimate of drug-likeness (QED) is 0.171. The Bertz CT molecular complexity index is 3180. The molecule has 0 amide bonds. The topological polar surface area (TPSA) is 9.86 Å². The molecule has 2 heteroatoms. The predicted molar refractivity (Wildman–Crippen MR) is 229 cm³/mol. The van der Waals surface area contributed by atoms with E-state index in [9.17, 15) is 0 Å². The number of hydrogen-bond donors (Lipinski definition) is 0. The average molecular weight is 687 g/mol. The largest absolute Gasteiger partial charge is 0.309 e. The summed E-state index contributed by atoms with van der Waals surface area (Å²) in [6.07, 6.45) is 0. The number of benzene rings is 9. The number of para-hydroxylation sites is 2. The highest BCUT2D eigenvalue weighted by molar-refractivity contribution is 6.12. The van der Waals surface area contributed by atoms with Gasteiger partial charge >= 0.3 is 0 Å². The molecule has 0 aliphatic heterocycles. The van der Waals surface area contributed by atoms with Crippen molar-refractivity contribution in [2.45, 2.75) is 0 Å². The van der Waals surface area contributed by atoms with Gasteiger partial charge in [-0.3, -0.25) is 0 Å².